The van der Waals surface area contributed by atoms with E-state index in [0.717, 1.165) is 23.0 Å². The molecule has 2 aromatic carbocycles. The molecule has 0 saturated heterocycles. The fraction of sp³-hybridized carbons (Fsp3) is 0.316. The molecule has 1 aliphatic rings. The van der Waals surface area contributed by atoms with Crippen LogP contribution in [0.3, 0.4) is 0 Å². The highest BCUT2D eigenvalue weighted by atomic mass is 35.5. The van der Waals surface area contributed by atoms with Gasteiger partial charge in [0.15, 0.2) is 0 Å². The summed E-state index contributed by atoms with van der Waals surface area (Å²) in [5, 5.41) is 6.13. The Labute approximate surface area is 171 Å². The van der Waals surface area contributed by atoms with Crippen molar-refractivity contribution in [2.75, 3.05) is 21.2 Å². The normalized spacial score (nSPS) is 13.0. The summed E-state index contributed by atoms with van der Waals surface area (Å²) in [5.74, 6) is -0.141. The monoisotopic (exact) mass is 425 g/mol. The van der Waals surface area contributed by atoms with Gasteiger partial charge in [0, 0.05) is 39.3 Å². The van der Waals surface area contributed by atoms with E-state index in [1.807, 2.05) is 6.07 Å². The van der Waals surface area contributed by atoms with Crippen LogP contribution in [-0.2, 0) is 29.7 Å². The van der Waals surface area contributed by atoms with Crippen molar-refractivity contribution < 1.29 is 17.9 Å². The van der Waals surface area contributed by atoms with Gasteiger partial charge in [0.05, 0.1) is 7.11 Å². The predicted octanol–water partition coefficient (Wildman–Crippen LogP) is 1.90. The van der Waals surface area contributed by atoms with Crippen LogP contribution in [-0.4, -0.2) is 39.8 Å². The molecule has 1 aliphatic heterocycles. The van der Waals surface area contributed by atoms with Gasteiger partial charge in [-0.05, 0) is 34.9 Å². The molecule has 0 saturated carbocycles. The smallest absolute Gasteiger partial charge is 0.251 e. The van der Waals surface area contributed by atoms with E-state index in [1.54, 1.807) is 6.07 Å². The predicted molar refractivity (Wildman–Crippen MR) is 109 cm³/mol. The molecule has 2 aromatic rings. The van der Waals surface area contributed by atoms with Gasteiger partial charge < -0.3 is 15.4 Å². The van der Waals surface area contributed by atoms with Crippen LogP contribution in [0.1, 0.15) is 27.0 Å². The van der Waals surface area contributed by atoms with Gasteiger partial charge in [-0.3, -0.25) is 4.79 Å². The highest BCUT2D eigenvalue weighted by Crippen LogP contribution is 2.27. The Morgan fingerprint density at radius 1 is 1.14 bits per heavy atom. The number of halogens is 1. The number of nitrogens with zero attached hydrogens (tertiary/aromatic N) is 1. The fourth-order valence-electron chi connectivity index (χ4n) is 2.96. The Balaban J connectivity index is 0.00000280. The number of amides is 1. The maximum absolute atomic E-state index is 12.5. The number of carbonyl (C=O) groups is 1. The van der Waals surface area contributed by atoms with Gasteiger partial charge in [-0.1, -0.05) is 18.2 Å². The van der Waals surface area contributed by atoms with Crippen LogP contribution in [0.25, 0.3) is 0 Å². The van der Waals surface area contributed by atoms with Crippen LogP contribution in [0, 0.1) is 0 Å². The van der Waals surface area contributed by atoms with E-state index >= 15 is 0 Å². The molecule has 1 amide bonds. The van der Waals surface area contributed by atoms with Gasteiger partial charge in [0.1, 0.15) is 10.6 Å². The number of carbonyl (C=O) groups excluding carboxylic acids is 1. The summed E-state index contributed by atoms with van der Waals surface area (Å²) >= 11 is 0. The third-order valence-corrected chi connectivity index (χ3v) is 6.38. The zero-order chi connectivity index (χ0) is 19.6. The van der Waals surface area contributed by atoms with E-state index in [4.69, 9.17) is 4.74 Å². The molecule has 0 atom stereocenters. The number of methoxy groups -OCH3 is 1. The van der Waals surface area contributed by atoms with E-state index in [9.17, 15) is 13.2 Å². The first-order valence-corrected chi connectivity index (χ1v) is 9.97. The van der Waals surface area contributed by atoms with E-state index in [-0.39, 0.29) is 34.5 Å². The van der Waals surface area contributed by atoms with Crippen LogP contribution in [0.15, 0.2) is 41.3 Å². The highest BCUT2D eigenvalue weighted by Gasteiger charge is 2.24. The van der Waals surface area contributed by atoms with E-state index in [2.05, 4.69) is 22.8 Å². The number of sulfonamides is 1. The standard InChI is InChI=1S/C19H23N3O4S.ClH/c1-22(2)27(24,25)18-9-14(6-7-17(18)26-3)19(23)21-10-13-4-5-15-11-20-12-16(15)8-13;/h4-9,20H,10-12H2,1-3H3,(H,21,23);1H. The first-order chi connectivity index (χ1) is 12.8. The molecule has 0 aliphatic carbocycles. The van der Waals surface area contributed by atoms with Crippen LogP contribution in [0.2, 0.25) is 0 Å². The molecule has 0 radical (unpaired) electrons. The average molecular weight is 426 g/mol. The van der Waals surface area contributed by atoms with Crippen molar-refractivity contribution in [2.24, 2.45) is 0 Å². The molecule has 152 valence electrons. The second-order valence-corrected chi connectivity index (χ2v) is 8.66. The largest absolute Gasteiger partial charge is 0.495 e. The third-order valence-electron chi connectivity index (χ3n) is 4.54. The molecule has 0 spiro atoms. The van der Waals surface area contributed by atoms with Gasteiger partial charge in [-0.25, -0.2) is 12.7 Å². The van der Waals surface area contributed by atoms with Crippen LogP contribution in [0.4, 0.5) is 0 Å². The molecular formula is C19H24ClN3O4S. The number of hydrogen-bond acceptors (Lipinski definition) is 5. The van der Waals surface area contributed by atoms with Crippen molar-refractivity contribution in [1.82, 2.24) is 14.9 Å². The molecule has 28 heavy (non-hydrogen) atoms. The van der Waals surface area contributed by atoms with Crippen LogP contribution in [0.5, 0.6) is 5.75 Å². The van der Waals surface area contributed by atoms with E-state index < -0.39 is 10.0 Å². The number of nitrogens with one attached hydrogen (secondary N) is 2. The fourth-order valence-corrected chi connectivity index (χ4v) is 4.03. The van der Waals surface area contributed by atoms with Gasteiger partial charge in [0.2, 0.25) is 10.0 Å². The van der Waals surface area contributed by atoms with Crippen molar-refractivity contribution in [3.05, 3.63) is 58.7 Å². The lowest BCUT2D eigenvalue weighted by atomic mass is 10.1. The molecule has 0 bridgehead atoms. The average Bonchev–Trinajstić information content (AvgIpc) is 3.13. The number of ether oxygens (including phenoxy) is 1. The molecule has 0 aromatic heterocycles. The van der Waals surface area contributed by atoms with Crippen molar-refractivity contribution in [3.8, 4) is 5.75 Å². The van der Waals surface area contributed by atoms with Gasteiger partial charge in [-0.15, -0.1) is 12.4 Å². The lowest BCUT2D eigenvalue weighted by Crippen LogP contribution is -2.25. The minimum Gasteiger partial charge on any atom is -0.495 e. The third kappa shape index (κ3) is 4.47. The molecule has 1 heterocycles. The second-order valence-electron chi connectivity index (χ2n) is 6.54. The lowest BCUT2D eigenvalue weighted by molar-refractivity contribution is 0.0950. The summed E-state index contributed by atoms with van der Waals surface area (Å²) < 4.78 is 31.2. The zero-order valence-electron chi connectivity index (χ0n) is 16.0. The minimum absolute atomic E-state index is 0. The summed E-state index contributed by atoms with van der Waals surface area (Å²) in [6.07, 6.45) is 0. The van der Waals surface area contributed by atoms with Crippen molar-refractivity contribution >= 4 is 28.3 Å². The van der Waals surface area contributed by atoms with Crippen LogP contribution < -0.4 is 15.4 Å². The molecule has 7 nitrogen and oxygen atoms in total. The quantitative estimate of drug-likeness (QED) is 0.738. The summed E-state index contributed by atoms with van der Waals surface area (Å²) in [6.45, 7) is 2.08. The SMILES string of the molecule is COc1ccc(C(=O)NCc2ccc3c(c2)CNC3)cc1S(=O)(=O)N(C)C.Cl. The summed E-state index contributed by atoms with van der Waals surface area (Å²) in [6, 6.07) is 10.5. The Hall–Kier alpha value is -2.13. The molecule has 2 N–H and O–H groups in total. The maximum atomic E-state index is 12.5. The molecular weight excluding hydrogens is 402 g/mol. The Kier molecular flexibility index (Phi) is 7.06. The Bertz CT molecular complexity index is 977. The summed E-state index contributed by atoms with van der Waals surface area (Å²) in [5.41, 5.74) is 3.78. The summed E-state index contributed by atoms with van der Waals surface area (Å²) in [7, 11) is 0.537. The van der Waals surface area contributed by atoms with Crippen LogP contribution >= 0.6 is 12.4 Å². The van der Waals surface area contributed by atoms with Gasteiger partial charge >= 0.3 is 0 Å². The topological polar surface area (TPSA) is 87.7 Å². The van der Waals surface area contributed by atoms with Crippen molar-refractivity contribution in [1.29, 1.82) is 0 Å². The van der Waals surface area contributed by atoms with Gasteiger partial charge in [-0.2, -0.15) is 0 Å². The second kappa shape index (κ2) is 8.91. The Morgan fingerprint density at radius 3 is 2.54 bits per heavy atom. The number of hydrogen-bond donors (Lipinski definition) is 2. The first-order valence-electron chi connectivity index (χ1n) is 8.53. The van der Waals surface area contributed by atoms with Crippen molar-refractivity contribution in [2.45, 2.75) is 24.5 Å². The lowest BCUT2D eigenvalue weighted by Gasteiger charge is -2.15. The van der Waals surface area contributed by atoms with Crippen molar-refractivity contribution in [3.63, 3.8) is 0 Å². The van der Waals surface area contributed by atoms with Gasteiger partial charge in [0.25, 0.3) is 5.91 Å². The molecule has 3 rings (SSSR count). The first kappa shape index (κ1) is 22.2. The number of rotatable bonds is 6. The molecule has 0 unspecified atom stereocenters. The zero-order valence-corrected chi connectivity index (χ0v) is 17.6. The van der Waals surface area contributed by atoms with E-state index in [0.29, 0.717) is 6.54 Å². The van der Waals surface area contributed by atoms with E-state index in [1.165, 1.54) is 44.5 Å². The molecule has 9 heteroatoms. The Morgan fingerprint density at radius 2 is 1.86 bits per heavy atom. The number of fused-ring (bicyclic) bond motifs is 1. The highest BCUT2D eigenvalue weighted by molar-refractivity contribution is 7.89. The maximum Gasteiger partial charge on any atom is 0.251 e. The number of benzene rings is 2. The summed E-state index contributed by atoms with van der Waals surface area (Å²) in [4.78, 5) is 12.5. The molecule has 0 fully saturated rings. The minimum atomic E-state index is -3.73.